The molecule has 0 bridgehead atoms. The van der Waals surface area contributed by atoms with Crippen molar-refractivity contribution < 1.29 is 4.39 Å². The number of nitrogens with zero attached hydrogens (tertiary/aromatic N) is 2. The largest absolute Gasteiger partial charge is 0.312 e. The molecule has 0 atom stereocenters. The molecule has 0 amide bonds. The predicted molar refractivity (Wildman–Crippen MR) is 72.3 cm³/mol. The van der Waals surface area contributed by atoms with Gasteiger partial charge in [0.1, 0.15) is 11.5 Å². The molecule has 1 heterocycles. The maximum Gasteiger partial charge on any atom is 0.124 e. The summed E-state index contributed by atoms with van der Waals surface area (Å²) in [6.07, 6.45) is 1.07. The minimum absolute atomic E-state index is 0.349. The number of hydrogen-bond acceptors (Lipinski definition) is 4. The van der Waals surface area contributed by atoms with Crippen molar-refractivity contribution in [2.45, 2.75) is 19.9 Å². The fraction of sp³-hybridized carbons (Fsp3) is 0.333. The third-order valence-corrected chi connectivity index (χ3v) is 3.49. The normalized spacial score (nSPS) is 10.8. The third kappa shape index (κ3) is 3.04. The summed E-state index contributed by atoms with van der Waals surface area (Å²) in [5.74, 6) is -0.349. The van der Waals surface area contributed by atoms with E-state index in [0.29, 0.717) is 11.6 Å². The summed E-state index contributed by atoms with van der Waals surface area (Å²) in [5.41, 5.74) is 1.45. The highest BCUT2D eigenvalue weighted by molar-refractivity contribution is 7.06. The minimum atomic E-state index is -0.349. The van der Waals surface area contributed by atoms with E-state index < -0.39 is 0 Å². The van der Waals surface area contributed by atoms with Crippen LogP contribution < -0.4 is 5.32 Å². The fourth-order valence-corrected chi connectivity index (χ4v) is 2.47. The highest BCUT2D eigenvalue weighted by atomic mass is 35.5. The van der Waals surface area contributed by atoms with E-state index >= 15 is 0 Å². The maximum absolute atomic E-state index is 13.0. The first-order valence-corrected chi connectivity index (χ1v) is 6.85. The Kier molecular flexibility index (Phi) is 4.63. The summed E-state index contributed by atoms with van der Waals surface area (Å²) in [5, 5.41) is 7.73. The van der Waals surface area contributed by atoms with Crippen molar-refractivity contribution in [3.63, 3.8) is 0 Å². The second-order valence-corrected chi connectivity index (χ2v) is 5.09. The molecule has 0 aliphatic carbocycles. The molecule has 0 unspecified atom stereocenters. The van der Waals surface area contributed by atoms with Gasteiger partial charge in [0, 0.05) is 12.1 Å². The molecule has 0 aliphatic rings. The van der Waals surface area contributed by atoms with Crippen molar-refractivity contribution in [2.75, 3.05) is 6.54 Å². The molecule has 1 N–H and O–H groups in total. The number of hydrogen-bond donors (Lipinski definition) is 1. The lowest BCUT2D eigenvalue weighted by atomic mass is 10.1. The van der Waals surface area contributed by atoms with Gasteiger partial charge < -0.3 is 5.32 Å². The van der Waals surface area contributed by atoms with Gasteiger partial charge in [0.2, 0.25) is 0 Å². The Balaban J connectivity index is 2.25. The van der Waals surface area contributed by atoms with Crippen LogP contribution in [0.3, 0.4) is 0 Å². The van der Waals surface area contributed by atoms with Crippen molar-refractivity contribution in [1.82, 2.24) is 14.9 Å². The average Bonchev–Trinajstić information content (AvgIpc) is 2.78. The summed E-state index contributed by atoms with van der Waals surface area (Å²) >= 11 is 7.36. The number of aromatic nitrogens is 2. The molecule has 6 heteroatoms. The van der Waals surface area contributed by atoms with Crippen LogP contribution in [-0.2, 0) is 6.54 Å². The molecule has 0 saturated heterocycles. The zero-order valence-electron chi connectivity index (χ0n) is 9.91. The van der Waals surface area contributed by atoms with E-state index in [2.05, 4.69) is 21.8 Å². The van der Waals surface area contributed by atoms with Crippen LogP contribution in [0, 0.1) is 5.82 Å². The molecule has 2 rings (SSSR count). The van der Waals surface area contributed by atoms with E-state index in [1.54, 1.807) is 6.07 Å². The molecule has 0 saturated carbocycles. The van der Waals surface area contributed by atoms with Gasteiger partial charge in [0.05, 0.1) is 9.90 Å². The maximum atomic E-state index is 13.0. The highest BCUT2D eigenvalue weighted by Gasteiger charge is 2.13. The lowest BCUT2D eigenvalue weighted by Gasteiger charge is -2.04. The van der Waals surface area contributed by atoms with Crippen LogP contribution in [0.1, 0.15) is 18.2 Å². The Bertz CT molecular complexity index is 530. The smallest absolute Gasteiger partial charge is 0.124 e. The summed E-state index contributed by atoms with van der Waals surface area (Å²) in [6.45, 7) is 3.75. The van der Waals surface area contributed by atoms with Gasteiger partial charge in [-0.15, -0.1) is 5.10 Å². The van der Waals surface area contributed by atoms with Crippen LogP contribution in [0.2, 0.25) is 5.02 Å². The second-order valence-electron chi connectivity index (χ2n) is 3.85. The molecule has 3 nitrogen and oxygen atoms in total. The summed E-state index contributed by atoms with van der Waals surface area (Å²) in [4.78, 5) is 1.01. The van der Waals surface area contributed by atoms with E-state index in [1.165, 1.54) is 23.7 Å². The van der Waals surface area contributed by atoms with E-state index in [9.17, 15) is 4.39 Å². The van der Waals surface area contributed by atoms with Gasteiger partial charge in [-0.3, -0.25) is 0 Å². The van der Waals surface area contributed by atoms with Gasteiger partial charge >= 0.3 is 0 Å². The Morgan fingerprint density at radius 2 is 2.28 bits per heavy atom. The number of rotatable bonds is 5. The molecular formula is C12H13ClFN3S. The molecule has 1 aromatic heterocycles. The van der Waals surface area contributed by atoms with Crippen LogP contribution in [0.25, 0.3) is 11.3 Å². The van der Waals surface area contributed by atoms with Gasteiger partial charge in [-0.05, 0) is 42.7 Å². The second kappa shape index (κ2) is 6.22. The standard InChI is InChI=1S/C12H13ClFN3S/c1-2-5-15-7-11-12(16-17-18-11)9-4-3-8(14)6-10(9)13/h3-4,6,15H,2,5,7H2,1H3. The molecular weight excluding hydrogens is 273 g/mol. The van der Waals surface area contributed by atoms with E-state index in [4.69, 9.17) is 11.6 Å². The first-order valence-electron chi connectivity index (χ1n) is 5.69. The van der Waals surface area contributed by atoms with Crippen molar-refractivity contribution in [2.24, 2.45) is 0 Å². The van der Waals surface area contributed by atoms with Crippen molar-refractivity contribution >= 4 is 23.1 Å². The van der Waals surface area contributed by atoms with E-state index in [0.717, 1.165) is 29.1 Å². The summed E-state index contributed by atoms with van der Waals surface area (Å²) in [6, 6.07) is 4.31. The van der Waals surface area contributed by atoms with Crippen LogP contribution in [-0.4, -0.2) is 16.1 Å². The average molecular weight is 286 g/mol. The van der Waals surface area contributed by atoms with Crippen LogP contribution in [0.5, 0.6) is 0 Å². The number of benzene rings is 1. The van der Waals surface area contributed by atoms with Gasteiger partial charge in [-0.1, -0.05) is 23.0 Å². The minimum Gasteiger partial charge on any atom is -0.312 e. The van der Waals surface area contributed by atoms with Crippen molar-refractivity contribution in [3.05, 3.63) is 33.9 Å². The van der Waals surface area contributed by atoms with Gasteiger partial charge in [-0.2, -0.15) is 0 Å². The SMILES string of the molecule is CCCNCc1snnc1-c1ccc(F)cc1Cl. The lowest BCUT2D eigenvalue weighted by Crippen LogP contribution is -2.13. The highest BCUT2D eigenvalue weighted by Crippen LogP contribution is 2.30. The third-order valence-electron chi connectivity index (χ3n) is 2.45. The predicted octanol–water partition coefficient (Wildman–Crippen LogP) is 3.50. The molecule has 2 aromatic rings. The zero-order chi connectivity index (χ0) is 13.0. The van der Waals surface area contributed by atoms with Crippen LogP contribution in [0.15, 0.2) is 18.2 Å². The lowest BCUT2D eigenvalue weighted by molar-refractivity contribution is 0.628. The summed E-state index contributed by atoms with van der Waals surface area (Å²) < 4.78 is 16.9. The van der Waals surface area contributed by atoms with E-state index in [-0.39, 0.29) is 5.82 Å². The Morgan fingerprint density at radius 1 is 1.44 bits per heavy atom. The molecule has 0 aliphatic heterocycles. The van der Waals surface area contributed by atoms with Gasteiger partial charge in [-0.25, -0.2) is 4.39 Å². The molecule has 96 valence electrons. The van der Waals surface area contributed by atoms with Gasteiger partial charge in [0.15, 0.2) is 0 Å². The monoisotopic (exact) mass is 285 g/mol. The first kappa shape index (κ1) is 13.4. The van der Waals surface area contributed by atoms with Crippen molar-refractivity contribution in [1.29, 1.82) is 0 Å². The molecule has 0 fully saturated rings. The Morgan fingerprint density at radius 3 is 3.00 bits per heavy atom. The van der Waals surface area contributed by atoms with E-state index in [1.807, 2.05) is 0 Å². The van der Waals surface area contributed by atoms with Crippen LogP contribution >= 0.6 is 23.1 Å². The first-order chi connectivity index (χ1) is 8.72. The molecule has 0 radical (unpaired) electrons. The topological polar surface area (TPSA) is 37.8 Å². The number of nitrogens with one attached hydrogen (secondary N) is 1. The summed E-state index contributed by atoms with van der Waals surface area (Å²) in [7, 11) is 0. The molecule has 1 aromatic carbocycles. The van der Waals surface area contributed by atoms with Crippen molar-refractivity contribution in [3.8, 4) is 11.3 Å². The Hall–Kier alpha value is -1.04. The molecule has 0 spiro atoms. The zero-order valence-corrected chi connectivity index (χ0v) is 11.5. The van der Waals surface area contributed by atoms with Gasteiger partial charge in [0.25, 0.3) is 0 Å². The number of halogens is 2. The Labute approximate surface area is 114 Å². The fourth-order valence-electron chi connectivity index (χ4n) is 1.59. The van der Waals surface area contributed by atoms with Crippen LogP contribution in [0.4, 0.5) is 4.39 Å². The molecule has 18 heavy (non-hydrogen) atoms. The quantitative estimate of drug-likeness (QED) is 0.855.